The third-order valence-corrected chi connectivity index (χ3v) is 3.13. The molecule has 0 saturated carbocycles. The molecule has 2 nitrogen and oxygen atoms in total. The highest BCUT2D eigenvalue weighted by Gasteiger charge is 2.04. The molecule has 0 aliphatic rings. The van der Waals surface area contributed by atoms with Crippen molar-refractivity contribution >= 4 is 39.1 Å². The van der Waals surface area contributed by atoms with Crippen molar-refractivity contribution in [2.24, 2.45) is 0 Å². The molecule has 0 aliphatic carbocycles. The van der Waals surface area contributed by atoms with Crippen LogP contribution in [0.2, 0.25) is 5.02 Å². The Kier molecular flexibility index (Phi) is 4.39. The molecule has 92 valence electrons. The van der Waals surface area contributed by atoms with Gasteiger partial charge in [0.2, 0.25) is 5.91 Å². The standard InChI is InChI=1S/C14H11BrClNO/c15-11-2-1-3-13(9-11)17-14(18)8-10-4-6-12(16)7-5-10/h1-7,9H,8H2,(H,17,18). The summed E-state index contributed by atoms with van der Waals surface area (Å²) < 4.78 is 0.937. The Morgan fingerprint density at radius 1 is 1.17 bits per heavy atom. The van der Waals surface area contributed by atoms with Crippen LogP contribution in [-0.2, 0) is 11.2 Å². The maximum Gasteiger partial charge on any atom is 0.228 e. The third kappa shape index (κ3) is 3.86. The number of hydrogen-bond donors (Lipinski definition) is 1. The Morgan fingerprint density at radius 3 is 2.56 bits per heavy atom. The van der Waals surface area contributed by atoms with Gasteiger partial charge in [-0.3, -0.25) is 4.79 Å². The van der Waals surface area contributed by atoms with Gasteiger partial charge in [0.25, 0.3) is 0 Å². The predicted molar refractivity (Wildman–Crippen MR) is 77.9 cm³/mol. The fourth-order valence-electron chi connectivity index (χ4n) is 1.56. The molecule has 0 aromatic heterocycles. The summed E-state index contributed by atoms with van der Waals surface area (Å²) in [4.78, 5) is 11.8. The Bertz CT molecular complexity index is 554. The molecular weight excluding hydrogens is 314 g/mol. The largest absolute Gasteiger partial charge is 0.326 e. The summed E-state index contributed by atoms with van der Waals surface area (Å²) in [6.45, 7) is 0. The van der Waals surface area contributed by atoms with Crippen molar-refractivity contribution in [1.29, 1.82) is 0 Å². The number of amides is 1. The van der Waals surface area contributed by atoms with Crippen molar-refractivity contribution in [3.05, 3.63) is 63.6 Å². The van der Waals surface area contributed by atoms with Crippen LogP contribution < -0.4 is 5.32 Å². The van der Waals surface area contributed by atoms with E-state index in [0.29, 0.717) is 11.4 Å². The molecule has 2 aromatic carbocycles. The number of carbonyl (C=O) groups excluding carboxylic acids is 1. The topological polar surface area (TPSA) is 29.1 Å². The highest BCUT2D eigenvalue weighted by molar-refractivity contribution is 9.10. The fraction of sp³-hybridized carbons (Fsp3) is 0.0714. The van der Waals surface area contributed by atoms with Crippen LogP contribution in [0.15, 0.2) is 53.0 Å². The SMILES string of the molecule is O=C(Cc1ccc(Cl)cc1)Nc1cccc(Br)c1. The molecule has 0 bridgehead atoms. The molecule has 0 spiro atoms. The average molecular weight is 325 g/mol. The smallest absolute Gasteiger partial charge is 0.228 e. The first-order chi connectivity index (χ1) is 8.63. The zero-order valence-corrected chi connectivity index (χ0v) is 11.8. The van der Waals surface area contributed by atoms with Gasteiger partial charge in [-0.2, -0.15) is 0 Å². The fourth-order valence-corrected chi connectivity index (χ4v) is 2.08. The van der Waals surface area contributed by atoms with Gasteiger partial charge in [-0.1, -0.05) is 45.7 Å². The lowest BCUT2D eigenvalue weighted by molar-refractivity contribution is -0.115. The lowest BCUT2D eigenvalue weighted by Gasteiger charge is -2.05. The molecule has 2 rings (SSSR count). The number of carbonyl (C=O) groups is 1. The Morgan fingerprint density at radius 2 is 1.89 bits per heavy atom. The highest BCUT2D eigenvalue weighted by atomic mass is 79.9. The Labute approximate surface area is 119 Å². The molecule has 2 aromatic rings. The number of nitrogens with one attached hydrogen (secondary N) is 1. The normalized spacial score (nSPS) is 10.1. The van der Waals surface area contributed by atoms with Gasteiger partial charge in [0.1, 0.15) is 0 Å². The molecule has 0 saturated heterocycles. The van der Waals surface area contributed by atoms with Crippen molar-refractivity contribution in [3.8, 4) is 0 Å². The number of halogens is 2. The maximum atomic E-state index is 11.8. The predicted octanol–water partition coefficient (Wildman–Crippen LogP) is 4.28. The first-order valence-corrected chi connectivity index (χ1v) is 6.60. The van der Waals surface area contributed by atoms with Crippen molar-refractivity contribution in [3.63, 3.8) is 0 Å². The van der Waals surface area contributed by atoms with Crippen LogP contribution >= 0.6 is 27.5 Å². The van der Waals surface area contributed by atoms with Gasteiger partial charge in [0.05, 0.1) is 6.42 Å². The number of rotatable bonds is 3. The monoisotopic (exact) mass is 323 g/mol. The van der Waals surface area contributed by atoms with E-state index in [9.17, 15) is 4.79 Å². The van der Waals surface area contributed by atoms with Crippen LogP contribution in [0.4, 0.5) is 5.69 Å². The zero-order valence-electron chi connectivity index (χ0n) is 9.49. The average Bonchev–Trinajstić information content (AvgIpc) is 2.32. The van der Waals surface area contributed by atoms with Gasteiger partial charge >= 0.3 is 0 Å². The van der Waals surface area contributed by atoms with Crippen LogP contribution in [0.1, 0.15) is 5.56 Å². The lowest BCUT2D eigenvalue weighted by Crippen LogP contribution is -2.14. The Balaban J connectivity index is 1.98. The van der Waals surface area contributed by atoms with Crippen molar-refractivity contribution in [2.75, 3.05) is 5.32 Å². The zero-order chi connectivity index (χ0) is 13.0. The van der Waals surface area contributed by atoms with Gasteiger partial charge in [0, 0.05) is 15.2 Å². The summed E-state index contributed by atoms with van der Waals surface area (Å²) >= 11 is 9.15. The van der Waals surface area contributed by atoms with Gasteiger partial charge in [-0.25, -0.2) is 0 Å². The van der Waals surface area contributed by atoms with Crippen LogP contribution in [-0.4, -0.2) is 5.91 Å². The van der Waals surface area contributed by atoms with Crippen molar-refractivity contribution < 1.29 is 4.79 Å². The number of anilines is 1. The lowest BCUT2D eigenvalue weighted by atomic mass is 10.1. The van der Waals surface area contributed by atoms with Gasteiger partial charge in [-0.05, 0) is 35.9 Å². The quantitative estimate of drug-likeness (QED) is 0.897. The second kappa shape index (κ2) is 6.03. The summed E-state index contributed by atoms with van der Waals surface area (Å²) in [5.74, 6) is -0.0459. The molecular formula is C14H11BrClNO. The molecule has 18 heavy (non-hydrogen) atoms. The van der Waals surface area contributed by atoms with Gasteiger partial charge < -0.3 is 5.32 Å². The first kappa shape index (κ1) is 13.1. The molecule has 1 amide bonds. The summed E-state index contributed by atoms with van der Waals surface area (Å²) in [6.07, 6.45) is 0.337. The van der Waals surface area contributed by atoms with E-state index in [1.54, 1.807) is 12.1 Å². The molecule has 0 radical (unpaired) electrons. The van der Waals surface area contributed by atoms with E-state index in [2.05, 4.69) is 21.2 Å². The second-order valence-corrected chi connectivity index (χ2v) is 5.21. The van der Waals surface area contributed by atoms with E-state index >= 15 is 0 Å². The minimum absolute atomic E-state index is 0.0459. The summed E-state index contributed by atoms with van der Waals surface area (Å²) in [7, 11) is 0. The van der Waals surface area contributed by atoms with E-state index in [1.165, 1.54) is 0 Å². The second-order valence-electron chi connectivity index (χ2n) is 3.86. The Hall–Kier alpha value is -1.32. The molecule has 0 aliphatic heterocycles. The summed E-state index contributed by atoms with van der Waals surface area (Å²) in [6, 6.07) is 14.8. The molecule has 0 unspecified atom stereocenters. The van der Waals surface area contributed by atoms with Gasteiger partial charge in [-0.15, -0.1) is 0 Å². The molecule has 0 atom stereocenters. The highest BCUT2D eigenvalue weighted by Crippen LogP contribution is 2.16. The van der Waals surface area contributed by atoms with E-state index in [4.69, 9.17) is 11.6 Å². The molecule has 1 N–H and O–H groups in total. The van der Waals surface area contributed by atoms with Crippen LogP contribution in [0.3, 0.4) is 0 Å². The van der Waals surface area contributed by atoms with Crippen molar-refractivity contribution in [2.45, 2.75) is 6.42 Å². The minimum atomic E-state index is -0.0459. The van der Waals surface area contributed by atoms with Gasteiger partial charge in [0.15, 0.2) is 0 Å². The number of benzene rings is 2. The van der Waals surface area contributed by atoms with Crippen LogP contribution in [0.5, 0.6) is 0 Å². The van der Waals surface area contributed by atoms with Crippen LogP contribution in [0.25, 0.3) is 0 Å². The van der Waals surface area contributed by atoms with E-state index in [-0.39, 0.29) is 5.91 Å². The van der Waals surface area contributed by atoms with E-state index in [0.717, 1.165) is 15.7 Å². The first-order valence-electron chi connectivity index (χ1n) is 5.43. The van der Waals surface area contributed by atoms with Crippen molar-refractivity contribution in [1.82, 2.24) is 0 Å². The molecule has 4 heteroatoms. The molecule has 0 heterocycles. The third-order valence-electron chi connectivity index (χ3n) is 2.39. The van der Waals surface area contributed by atoms with E-state index < -0.39 is 0 Å². The summed E-state index contributed by atoms with van der Waals surface area (Å²) in [5.41, 5.74) is 1.72. The van der Waals surface area contributed by atoms with E-state index in [1.807, 2.05) is 36.4 Å². The summed E-state index contributed by atoms with van der Waals surface area (Å²) in [5, 5.41) is 3.52. The minimum Gasteiger partial charge on any atom is -0.326 e. The number of hydrogen-bond acceptors (Lipinski definition) is 1. The van der Waals surface area contributed by atoms with Crippen LogP contribution in [0, 0.1) is 0 Å². The molecule has 0 fully saturated rings. The maximum absolute atomic E-state index is 11.8.